The monoisotopic (exact) mass is 162 g/mol. The van der Waals surface area contributed by atoms with Crippen LogP contribution < -0.4 is 0 Å². The van der Waals surface area contributed by atoms with Gasteiger partial charge in [-0.25, -0.2) is 15.0 Å². The molecule has 2 aliphatic rings. The Balaban J connectivity index is 2.66. The van der Waals surface area contributed by atoms with Gasteiger partial charge in [0.25, 0.3) is 0 Å². The molecule has 0 aromatic heterocycles. The Kier molecular flexibility index (Phi) is 1.53. The molecule has 0 N–H and O–H groups in total. The Bertz CT molecular complexity index is 366. The third-order valence-electron chi connectivity index (χ3n) is 1.80. The number of hydrogen-bond donors (Lipinski definition) is 0. The Morgan fingerprint density at radius 3 is 2.92 bits per heavy atom. The highest BCUT2D eigenvalue weighted by Crippen LogP contribution is 2.15. The molecule has 0 fully saturated rings. The highest BCUT2D eigenvalue weighted by molar-refractivity contribution is 5.49. The molecule has 0 amide bonds. The van der Waals surface area contributed by atoms with Crippen LogP contribution in [-0.2, 0) is 13.5 Å². The fourth-order valence-electron chi connectivity index (χ4n) is 1.16. The minimum Gasteiger partial charge on any atom is -0.318 e. The molecule has 62 valence electrons. The molecular formula is C8H10N4. The van der Waals surface area contributed by atoms with Crippen molar-refractivity contribution in [3.8, 4) is 11.5 Å². The first-order chi connectivity index (χ1) is 5.81. The Morgan fingerprint density at radius 1 is 1.42 bits per heavy atom. The second-order valence-corrected chi connectivity index (χ2v) is 2.71. The maximum absolute atomic E-state index is 4.34. The van der Waals surface area contributed by atoms with Gasteiger partial charge in [0.2, 0.25) is 0 Å². The Hall–Kier alpha value is -1.45. The molecule has 4 nitrogen and oxygen atoms in total. The summed E-state index contributed by atoms with van der Waals surface area (Å²) < 4.78 is 1.88. The van der Waals surface area contributed by atoms with Crippen molar-refractivity contribution in [3.63, 3.8) is 0 Å². The van der Waals surface area contributed by atoms with Crippen LogP contribution in [0, 0.1) is 0 Å². The molecule has 0 aliphatic carbocycles. The molecule has 0 saturated carbocycles. The fraction of sp³-hybridized carbons (Fsp3) is 0.375. The molecule has 0 spiro atoms. The van der Waals surface area contributed by atoms with Gasteiger partial charge in [-0.2, -0.15) is 0 Å². The van der Waals surface area contributed by atoms with Crippen LogP contribution in [0.3, 0.4) is 0 Å². The zero-order valence-electron chi connectivity index (χ0n) is 7.15. The largest absolute Gasteiger partial charge is 0.318 e. The fourth-order valence-corrected chi connectivity index (χ4v) is 1.16. The van der Waals surface area contributed by atoms with Gasteiger partial charge in [0.1, 0.15) is 11.5 Å². The second kappa shape index (κ2) is 2.55. The molecule has 2 rings (SSSR count). The molecule has 2 heterocycles. The highest BCUT2D eigenvalue weighted by Gasteiger charge is 2.10. The first kappa shape index (κ1) is 7.21. The van der Waals surface area contributed by atoms with Crippen LogP contribution >= 0.6 is 0 Å². The van der Waals surface area contributed by atoms with Crippen molar-refractivity contribution in [2.24, 2.45) is 7.05 Å². The summed E-state index contributed by atoms with van der Waals surface area (Å²) in [6, 6.07) is 0. The Labute approximate surface area is 70.6 Å². The summed E-state index contributed by atoms with van der Waals surface area (Å²) in [6.45, 7) is 2.04. The average molecular weight is 162 g/mol. The van der Waals surface area contributed by atoms with Crippen molar-refractivity contribution in [1.29, 1.82) is 0 Å². The van der Waals surface area contributed by atoms with Crippen molar-refractivity contribution in [3.05, 3.63) is 18.3 Å². The van der Waals surface area contributed by atoms with Gasteiger partial charge in [0, 0.05) is 13.5 Å². The normalized spacial score (nSPS) is 10.8. The molecule has 0 radical (unpaired) electrons. The van der Waals surface area contributed by atoms with E-state index in [1.165, 1.54) is 0 Å². The number of hydrogen-bond acceptors (Lipinski definition) is 3. The van der Waals surface area contributed by atoms with Crippen molar-refractivity contribution < 1.29 is 0 Å². The number of nitrogens with zero attached hydrogens (tertiary/aromatic N) is 4. The van der Waals surface area contributed by atoms with Crippen LogP contribution in [0.4, 0.5) is 0 Å². The molecule has 0 atom stereocenters. The zero-order valence-corrected chi connectivity index (χ0v) is 7.15. The van der Waals surface area contributed by atoms with Crippen molar-refractivity contribution in [2.45, 2.75) is 13.3 Å². The van der Waals surface area contributed by atoms with Crippen molar-refractivity contribution in [2.75, 3.05) is 0 Å². The van der Waals surface area contributed by atoms with E-state index in [1.54, 1.807) is 12.5 Å². The van der Waals surface area contributed by atoms with Gasteiger partial charge in [0.05, 0.1) is 12.5 Å². The maximum atomic E-state index is 4.34. The third kappa shape index (κ3) is 0.958. The van der Waals surface area contributed by atoms with Gasteiger partial charge in [-0.05, 0) is 0 Å². The highest BCUT2D eigenvalue weighted by atomic mass is 15.1. The van der Waals surface area contributed by atoms with Gasteiger partial charge in [-0.15, -0.1) is 0 Å². The maximum Gasteiger partial charge on any atom is 0.163 e. The third-order valence-corrected chi connectivity index (χ3v) is 1.80. The number of aryl methyl sites for hydroxylation is 2. The van der Waals surface area contributed by atoms with Crippen molar-refractivity contribution in [1.82, 2.24) is 19.5 Å². The summed E-state index contributed by atoms with van der Waals surface area (Å²) in [5.41, 5.74) is 0.872. The summed E-state index contributed by atoms with van der Waals surface area (Å²) >= 11 is 0. The lowest BCUT2D eigenvalue weighted by molar-refractivity contribution is 0.848. The van der Waals surface area contributed by atoms with E-state index in [1.807, 2.05) is 18.5 Å². The predicted molar refractivity (Wildman–Crippen MR) is 44.8 cm³/mol. The molecular weight excluding hydrogens is 152 g/mol. The van der Waals surface area contributed by atoms with Crippen LogP contribution in [0.2, 0.25) is 0 Å². The molecule has 0 saturated heterocycles. The van der Waals surface area contributed by atoms with Crippen LogP contribution in [0.25, 0.3) is 11.5 Å². The zero-order chi connectivity index (χ0) is 8.55. The summed E-state index contributed by atoms with van der Waals surface area (Å²) in [4.78, 5) is 12.7. The van der Waals surface area contributed by atoms with Gasteiger partial charge < -0.3 is 4.57 Å². The van der Waals surface area contributed by atoms with E-state index in [-0.39, 0.29) is 0 Å². The topological polar surface area (TPSA) is 43.6 Å². The molecule has 0 unspecified atom stereocenters. The van der Waals surface area contributed by atoms with Crippen LogP contribution in [0.15, 0.2) is 12.5 Å². The lowest BCUT2D eigenvalue weighted by Crippen LogP contribution is -1.97. The van der Waals surface area contributed by atoms with E-state index in [0.29, 0.717) is 0 Å². The van der Waals surface area contributed by atoms with E-state index in [2.05, 4.69) is 15.0 Å². The smallest absolute Gasteiger partial charge is 0.163 e. The van der Waals surface area contributed by atoms with Gasteiger partial charge in [-0.1, -0.05) is 6.92 Å². The van der Waals surface area contributed by atoms with Gasteiger partial charge in [-0.3, -0.25) is 0 Å². The molecule has 12 heavy (non-hydrogen) atoms. The van der Waals surface area contributed by atoms with E-state index >= 15 is 0 Å². The lowest BCUT2D eigenvalue weighted by atomic mass is 10.4. The number of fused-ring (bicyclic) bond motifs is 1. The summed E-state index contributed by atoms with van der Waals surface area (Å²) in [5, 5.41) is 0. The number of imidazole rings is 1. The van der Waals surface area contributed by atoms with Crippen LogP contribution in [0.5, 0.6) is 0 Å². The summed E-state index contributed by atoms with van der Waals surface area (Å²) in [6.07, 6.45) is 4.34. The minimum atomic E-state index is 0.870. The average Bonchev–Trinajstić information content (AvgIpc) is 2.49. The standard InChI is InChI=1S/C8H10N4/c1-3-7-10-6-4-9-5-12(2)8(6)11-7/h4-5H,3H2,1-2H3. The molecule has 4 heteroatoms. The van der Waals surface area contributed by atoms with E-state index < -0.39 is 0 Å². The van der Waals surface area contributed by atoms with Crippen LogP contribution in [-0.4, -0.2) is 19.5 Å². The van der Waals surface area contributed by atoms with Crippen LogP contribution in [0.1, 0.15) is 12.7 Å². The van der Waals surface area contributed by atoms with E-state index in [0.717, 1.165) is 23.8 Å². The first-order valence-electron chi connectivity index (χ1n) is 3.94. The number of aromatic nitrogens is 4. The van der Waals surface area contributed by atoms with E-state index in [4.69, 9.17) is 0 Å². The van der Waals surface area contributed by atoms with E-state index in [9.17, 15) is 0 Å². The second-order valence-electron chi connectivity index (χ2n) is 2.71. The van der Waals surface area contributed by atoms with Gasteiger partial charge >= 0.3 is 0 Å². The predicted octanol–water partition coefficient (Wildman–Crippen LogP) is 0.877. The molecule has 0 bridgehead atoms. The minimum absolute atomic E-state index is 0.870. The molecule has 2 aliphatic heterocycles. The van der Waals surface area contributed by atoms with Gasteiger partial charge in [0.15, 0.2) is 5.82 Å². The molecule has 0 aromatic rings. The number of rotatable bonds is 1. The SMILES string of the molecule is CCc1nc2cncn(C)c-2n1. The lowest BCUT2D eigenvalue weighted by Gasteiger charge is -2.00. The Morgan fingerprint density at radius 2 is 2.25 bits per heavy atom. The summed E-state index contributed by atoms with van der Waals surface area (Å²) in [5.74, 6) is 1.79. The molecule has 0 aromatic carbocycles. The van der Waals surface area contributed by atoms with Crippen molar-refractivity contribution >= 4 is 0 Å². The summed E-state index contributed by atoms with van der Waals surface area (Å²) in [7, 11) is 1.92. The quantitative estimate of drug-likeness (QED) is 0.625. The first-order valence-corrected chi connectivity index (χ1v) is 3.94.